The van der Waals surface area contributed by atoms with Crippen molar-refractivity contribution in [2.45, 2.75) is 26.4 Å². The quantitative estimate of drug-likeness (QED) is 0.760. The molecule has 0 saturated heterocycles. The highest BCUT2D eigenvalue weighted by Crippen LogP contribution is 2.19. The Balaban J connectivity index is 2.13. The first-order valence-corrected chi connectivity index (χ1v) is 6.57. The topological polar surface area (TPSA) is 26.3 Å². The van der Waals surface area contributed by atoms with E-state index in [9.17, 15) is 4.79 Å². The van der Waals surface area contributed by atoms with Gasteiger partial charge in [-0.2, -0.15) is 0 Å². The molecule has 2 heteroatoms. The van der Waals surface area contributed by atoms with Crippen LogP contribution in [-0.2, 0) is 4.74 Å². The second kappa shape index (κ2) is 6.19. The largest absolute Gasteiger partial charge is 0.459 e. The zero-order valence-electron chi connectivity index (χ0n) is 11.3. The number of rotatable bonds is 4. The summed E-state index contributed by atoms with van der Waals surface area (Å²) in [5.41, 5.74) is 2.84. The van der Waals surface area contributed by atoms with Crippen molar-refractivity contribution >= 4 is 5.97 Å². The van der Waals surface area contributed by atoms with Gasteiger partial charge in [0.15, 0.2) is 0 Å². The molecule has 0 bridgehead atoms. The lowest BCUT2D eigenvalue weighted by atomic mass is 10.0. The van der Waals surface area contributed by atoms with Gasteiger partial charge in [0, 0.05) is 0 Å². The van der Waals surface area contributed by atoms with E-state index in [1.807, 2.05) is 68.4 Å². The van der Waals surface area contributed by atoms with E-state index in [1.165, 1.54) is 0 Å². The Morgan fingerprint density at radius 1 is 1.00 bits per heavy atom. The van der Waals surface area contributed by atoms with E-state index in [-0.39, 0.29) is 12.1 Å². The molecule has 0 aliphatic rings. The molecule has 0 spiro atoms. The maximum Gasteiger partial charge on any atom is 0.338 e. The minimum atomic E-state index is -0.256. The third-order valence-electron chi connectivity index (χ3n) is 3.11. The molecule has 1 unspecified atom stereocenters. The molecule has 19 heavy (non-hydrogen) atoms. The minimum absolute atomic E-state index is 0.0405. The van der Waals surface area contributed by atoms with Crippen LogP contribution in [0.1, 0.15) is 30.6 Å². The third-order valence-corrected chi connectivity index (χ3v) is 3.11. The second-order valence-electron chi connectivity index (χ2n) is 4.57. The molecule has 2 nitrogen and oxygen atoms in total. The Morgan fingerprint density at radius 3 is 2.16 bits per heavy atom. The number of ether oxygens (including phenoxy) is 1. The van der Waals surface area contributed by atoms with Gasteiger partial charge >= 0.3 is 5.97 Å². The van der Waals surface area contributed by atoms with Crippen LogP contribution in [0.2, 0.25) is 0 Å². The summed E-state index contributed by atoms with van der Waals surface area (Å²) < 4.78 is 5.29. The monoisotopic (exact) mass is 254 g/mol. The van der Waals surface area contributed by atoms with E-state index < -0.39 is 0 Å². The summed E-state index contributed by atoms with van der Waals surface area (Å²) in [5.74, 6) is -0.256. The van der Waals surface area contributed by atoms with Crippen LogP contribution in [0, 0.1) is 0 Å². The highest BCUT2D eigenvalue weighted by molar-refractivity contribution is 5.90. The number of benzene rings is 2. The van der Waals surface area contributed by atoms with E-state index in [2.05, 4.69) is 0 Å². The summed E-state index contributed by atoms with van der Waals surface area (Å²) in [7, 11) is 0. The van der Waals surface area contributed by atoms with Gasteiger partial charge in [0.25, 0.3) is 0 Å². The molecular formula is C17H18O2. The summed E-state index contributed by atoms with van der Waals surface area (Å²) >= 11 is 0. The molecule has 2 aromatic rings. The maximum atomic E-state index is 11.8. The third kappa shape index (κ3) is 3.44. The molecule has 0 aliphatic carbocycles. The molecule has 0 aromatic heterocycles. The fraction of sp³-hybridized carbons (Fsp3) is 0.235. The van der Waals surface area contributed by atoms with Gasteiger partial charge in [-0.15, -0.1) is 0 Å². The maximum absolute atomic E-state index is 11.8. The Morgan fingerprint density at radius 2 is 1.58 bits per heavy atom. The second-order valence-corrected chi connectivity index (χ2v) is 4.57. The van der Waals surface area contributed by atoms with Crippen LogP contribution < -0.4 is 0 Å². The fourth-order valence-electron chi connectivity index (χ4n) is 1.76. The van der Waals surface area contributed by atoms with E-state index >= 15 is 0 Å². The molecule has 0 radical (unpaired) electrons. The number of hydrogen-bond acceptors (Lipinski definition) is 2. The SMILES string of the molecule is CCC(C)OC(=O)c1ccc(-c2ccccc2)cc1. The van der Waals surface area contributed by atoms with Crippen LogP contribution >= 0.6 is 0 Å². The molecule has 2 rings (SSSR count). The van der Waals surface area contributed by atoms with Gasteiger partial charge in [-0.25, -0.2) is 4.79 Å². The average molecular weight is 254 g/mol. The molecule has 0 saturated carbocycles. The molecule has 98 valence electrons. The zero-order valence-corrected chi connectivity index (χ0v) is 11.3. The summed E-state index contributed by atoms with van der Waals surface area (Å²) in [6, 6.07) is 17.6. The predicted octanol–water partition coefficient (Wildman–Crippen LogP) is 4.31. The van der Waals surface area contributed by atoms with Crippen molar-refractivity contribution in [3.05, 3.63) is 60.2 Å². The van der Waals surface area contributed by atoms with Crippen molar-refractivity contribution in [1.82, 2.24) is 0 Å². The van der Waals surface area contributed by atoms with Crippen molar-refractivity contribution in [2.75, 3.05) is 0 Å². The number of esters is 1. The van der Waals surface area contributed by atoms with Crippen molar-refractivity contribution < 1.29 is 9.53 Å². The van der Waals surface area contributed by atoms with Crippen molar-refractivity contribution in [1.29, 1.82) is 0 Å². The Hall–Kier alpha value is -2.09. The predicted molar refractivity (Wildman–Crippen MR) is 77.0 cm³/mol. The van der Waals surface area contributed by atoms with Crippen LogP contribution in [-0.4, -0.2) is 12.1 Å². The first-order valence-electron chi connectivity index (χ1n) is 6.57. The minimum Gasteiger partial charge on any atom is -0.459 e. The van der Waals surface area contributed by atoms with E-state index in [0.29, 0.717) is 5.56 Å². The van der Waals surface area contributed by atoms with Gasteiger partial charge < -0.3 is 4.74 Å². The van der Waals surface area contributed by atoms with Gasteiger partial charge in [0.1, 0.15) is 0 Å². The summed E-state index contributed by atoms with van der Waals surface area (Å²) in [6.07, 6.45) is 0.787. The van der Waals surface area contributed by atoms with E-state index in [1.54, 1.807) is 0 Å². The van der Waals surface area contributed by atoms with Gasteiger partial charge in [0.2, 0.25) is 0 Å². The Kier molecular flexibility index (Phi) is 4.35. The molecular weight excluding hydrogens is 236 g/mol. The summed E-state index contributed by atoms with van der Waals surface area (Å²) in [4.78, 5) is 11.8. The van der Waals surface area contributed by atoms with Crippen molar-refractivity contribution in [3.63, 3.8) is 0 Å². The van der Waals surface area contributed by atoms with Crippen molar-refractivity contribution in [3.8, 4) is 11.1 Å². The summed E-state index contributed by atoms with van der Waals surface area (Å²) in [5, 5.41) is 0. The normalized spacial score (nSPS) is 11.9. The molecule has 1 atom stereocenters. The lowest BCUT2D eigenvalue weighted by Gasteiger charge is -2.11. The molecule has 2 aromatic carbocycles. The zero-order chi connectivity index (χ0) is 13.7. The lowest BCUT2D eigenvalue weighted by molar-refractivity contribution is 0.0334. The first kappa shape index (κ1) is 13.3. The molecule has 0 aliphatic heterocycles. The lowest BCUT2D eigenvalue weighted by Crippen LogP contribution is -2.13. The highest BCUT2D eigenvalue weighted by Gasteiger charge is 2.10. The van der Waals surface area contributed by atoms with Crippen LogP contribution in [0.4, 0.5) is 0 Å². The van der Waals surface area contributed by atoms with Crippen LogP contribution in [0.25, 0.3) is 11.1 Å². The Labute approximate surface area is 114 Å². The average Bonchev–Trinajstić information content (AvgIpc) is 2.48. The van der Waals surface area contributed by atoms with Crippen molar-refractivity contribution in [2.24, 2.45) is 0 Å². The first-order chi connectivity index (χ1) is 9.20. The van der Waals surface area contributed by atoms with Gasteiger partial charge in [-0.1, -0.05) is 49.4 Å². The highest BCUT2D eigenvalue weighted by atomic mass is 16.5. The van der Waals surface area contributed by atoms with E-state index in [4.69, 9.17) is 4.74 Å². The Bertz CT molecular complexity index is 529. The number of hydrogen-bond donors (Lipinski definition) is 0. The van der Waals surface area contributed by atoms with Crippen LogP contribution in [0.3, 0.4) is 0 Å². The fourth-order valence-corrected chi connectivity index (χ4v) is 1.76. The molecule has 0 heterocycles. The van der Waals surface area contributed by atoms with Crippen LogP contribution in [0.5, 0.6) is 0 Å². The molecule has 0 amide bonds. The van der Waals surface area contributed by atoms with Gasteiger partial charge in [-0.3, -0.25) is 0 Å². The van der Waals surface area contributed by atoms with E-state index in [0.717, 1.165) is 17.5 Å². The smallest absolute Gasteiger partial charge is 0.338 e. The van der Waals surface area contributed by atoms with Gasteiger partial charge in [-0.05, 0) is 36.6 Å². The van der Waals surface area contributed by atoms with Crippen LogP contribution in [0.15, 0.2) is 54.6 Å². The summed E-state index contributed by atoms with van der Waals surface area (Å²) in [6.45, 7) is 3.90. The van der Waals surface area contributed by atoms with Gasteiger partial charge in [0.05, 0.1) is 11.7 Å². The molecule has 0 fully saturated rings. The standard InChI is InChI=1S/C17H18O2/c1-3-13(2)19-17(18)16-11-9-15(10-12-16)14-7-5-4-6-8-14/h4-13H,3H2,1-2H3. The number of carbonyl (C=O) groups is 1. The number of carbonyl (C=O) groups excluding carboxylic acids is 1. The molecule has 0 N–H and O–H groups in total.